The van der Waals surface area contributed by atoms with Crippen LogP contribution in [0.1, 0.15) is 17.2 Å². The lowest BCUT2D eigenvalue weighted by atomic mass is 10.0. The molecule has 0 bridgehead atoms. The molecule has 0 saturated heterocycles. The van der Waals surface area contributed by atoms with E-state index in [1.54, 1.807) is 12.1 Å². The number of nitrogens with zero attached hydrogens (tertiary/aromatic N) is 2. The highest BCUT2D eigenvalue weighted by Crippen LogP contribution is 2.40. The van der Waals surface area contributed by atoms with Crippen LogP contribution in [0.25, 0.3) is 16.7 Å². The van der Waals surface area contributed by atoms with Crippen LogP contribution in [-0.4, -0.2) is 9.55 Å². The number of aromatic nitrogens is 2. The quantitative estimate of drug-likeness (QED) is 0.367. The van der Waals surface area contributed by atoms with E-state index in [1.165, 1.54) is 6.07 Å². The van der Waals surface area contributed by atoms with Crippen LogP contribution in [0, 0.1) is 5.82 Å². The number of benzene rings is 3. The van der Waals surface area contributed by atoms with E-state index in [0.717, 1.165) is 26.8 Å². The molecular formula is C22H14BrClFN3. The van der Waals surface area contributed by atoms with E-state index in [2.05, 4.69) is 21.2 Å². The molecule has 28 heavy (non-hydrogen) atoms. The predicted molar refractivity (Wildman–Crippen MR) is 115 cm³/mol. The maximum atomic E-state index is 14.8. The van der Waals surface area contributed by atoms with Crippen molar-refractivity contribution in [2.45, 2.75) is 6.04 Å². The number of hydrogen-bond acceptors (Lipinski definition) is 2. The Morgan fingerprint density at radius 3 is 2.57 bits per heavy atom. The molecule has 4 aromatic rings. The first-order valence-corrected chi connectivity index (χ1v) is 9.94. The van der Waals surface area contributed by atoms with Crippen LogP contribution in [0.15, 0.2) is 77.3 Å². The molecule has 1 aliphatic heterocycles. The van der Waals surface area contributed by atoms with Gasteiger partial charge in [-0.1, -0.05) is 57.9 Å². The Hall–Kier alpha value is -2.63. The van der Waals surface area contributed by atoms with Gasteiger partial charge in [-0.15, -0.1) is 0 Å². The number of nitrogens with one attached hydrogen (secondary N) is 1. The van der Waals surface area contributed by atoms with Crippen molar-refractivity contribution in [2.24, 2.45) is 0 Å². The summed E-state index contributed by atoms with van der Waals surface area (Å²) in [7, 11) is 0. The monoisotopic (exact) mass is 453 g/mol. The first-order chi connectivity index (χ1) is 13.6. The lowest BCUT2D eigenvalue weighted by molar-refractivity contribution is 0.584. The molecule has 5 rings (SSSR count). The molecule has 2 heterocycles. The Bertz CT molecular complexity index is 1210. The standard InChI is InChI=1S/C22H14BrClFN3/c23-14-10-8-13(9-11-14)18-12-20(21-15(24)4-3-5-16(21)25)28-19-7-2-1-6-17(19)26-22(28)27-18/h1-12,20H,(H,26,27)/t20-/m1/s1. The normalized spacial score (nSPS) is 15.8. The summed E-state index contributed by atoms with van der Waals surface area (Å²) in [5.41, 5.74) is 4.04. The van der Waals surface area contributed by atoms with E-state index in [9.17, 15) is 4.39 Å². The van der Waals surface area contributed by atoms with Crippen molar-refractivity contribution in [3.8, 4) is 0 Å². The number of allylic oxidation sites excluding steroid dienone is 1. The molecule has 3 nitrogen and oxygen atoms in total. The zero-order valence-electron chi connectivity index (χ0n) is 14.5. The Labute approximate surface area is 174 Å². The number of imidazole rings is 1. The summed E-state index contributed by atoms with van der Waals surface area (Å²) in [6.45, 7) is 0. The van der Waals surface area contributed by atoms with Gasteiger partial charge >= 0.3 is 0 Å². The van der Waals surface area contributed by atoms with E-state index >= 15 is 0 Å². The number of fused-ring (bicyclic) bond motifs is 3. The highest BCUT2D eigenvalue weighted by atomic mass is 79.9. The van der Waals surface area contributed by atoms with Crippen molar-refractivity contribution in [3.63, 3.8) is 0 Å². The van der Waals surface area contributed by atoms with Crippen molar-refractivity contribution >= 4 is 50.2 Å². The Balaban J connectivity index is 1.77. The van der Waals surface area contributed by atoms with Crippen molar-refractivity contribution in [2.75, 3.05) is 5.32 Å². The zero-order chi connectivity index (χ0) is 19.3. The summed E-state index contributed by atoms with van der Waals surface area (Å²) in [5.74, 6) is 0.320. The molecule has 0 radical (unpaired) electrons. The van der Waals surface area contributed by atoms with Crippen molar-refractivity contribution in [1.29, 1.82) is 0 Å². The van der Waals surface area contributed by atoms with Crippen LogP contribution in [0.2, 0.25) is 5.02 Å². The highest BCUT2D eigenvalue weighted by molar-refractivity contribution is 9.10. The van der Waals surface area contributed by atoms with Gasteiger partial charge in [-0.3, -0.25) is 4.57 Å². The minimum absolute atomic E-state index is 0.338. The highest BCUT2D eigenvalue weighted by Gasteiger charge is 2.28. The number of para-hydroxylation sites is 2. The van der Waals surface area contributed by atoms with Crippen LogP contribution >= 0.6 is 27.5 Å². The second kappa shape index (κ2) is 6.76. The predicted octanol–water partition coefficient (Wildman–Crippen LogP) is 6.65. The molecule has 138 valence electrons. The van der Waals surface area contributed by atoms with Gasteiger partial charge in [0.1, 0.15) is 5.82 Å². The maximum Gasteiger partial charge on any atom is 0.209 e. The molecule has 1 aliphatic rings. The van der Waals surface area contributed by atoms with Gasteiger partial charge in [-0.25, -0.2) is 9.37 Å². The fourth-order valence-electron chi connectivity index (χ4n) is 3.61. The molecule has 0 amide bonds. The first kappa shape index (κ1) is 17.5. The molecule has 1 aromatic heterocycles. The lowest BCUT2D eigenvalue weighted by Crippen LogP contribution is -2.20. The molecule has 0 fully saturated rings. The summed E-state index contributed by atoms with van der Waals surface area (Å²) >= 11 is 9.90. The minimum atomic E-state index is -0.420. The molecule has 1 atom stereocenters. The van der Waals surface area contributed by atoms with Crippen LogP contribution in [0.3, 0.4) is 0 Å². The van der Waals surface area contributed by atoms with Crippen LogP contribution in [0.5, 0.6) is 0 Å². The summed E-state index contributed by atoms with van der Waals surface area (Å²) in [6, 6.07) is 20.1. The number of anilines is 1. The van der Waals surface area contributed by atoms with Gasteiger partial charge in [0.05, 0.1) is 17.1 Å². The van der Waals surface area contributed by atoms with Gasteiger partial charge in [0.2, 0.25) is 5.95 Å². The van der Waals surface area contributed by atoms with E-state index in [1.807, 2.05) is 59.2 Å². The molecule has 6 heteroatoms. The SMILES string of the molecule is Fc1cccc(Cl)c1[C@H]1C=C(c2ccc(Br)cc2)Nc2nc3ccccc3n21. The van der Waals surface area contributed by atoms with E-state index < -0.39 is 6.04 Å². The summed E-state index contributed by atoms with van der Waals surface area (Å²) in [4.78, 5) is 4.72. The van der Waals surface area contributed by atoms with Gasteiger partial charge < -0.3 is 5.32 Å². The smallest absolute Gasteiger partial charge is 0.209 e. The van der Waals surface area contributed by atoms with Gasteiger partial charge in [-0.2, -0.15) is 0 Å². The van der Waals surface area contributed by atoms with E-state index in [4.69, 9.17) is 16.6 Å². The number of hydrogen-bond donors (Lipinski definition) is 1. The largest absolute Gasteiger partial charge is 0.325 e. The fourth-order valence-corrected chi connectivity index (χ4v) is 4.15. The Morgan fingerprint density at radius 2 is 1.79 bits per heavy atom. The second-order valence-electron chi connectivity index (χ2n) is 6.59. The molecule has 0 aliphatic carbocycles. The molecule has 3 aromatic carbocycles. The third-order valence-corrected chi connectivity index (χ3v) is 5.75. The summed E-state index contributed by atoms with van der Waals surface area (Å²) in [5, 5.41) is 3.78. The zero-order valence-corrected chi connectivity index (χ0v) is 16.9. The molecular weight excluding hydrogens is 441 g/mol. The average Bonchev–Trinajstić information content (AvgIpc) is 3.07. The Kier molecular flexibility index (Phi) is 4.22. The molecule has 0 saturated carbocycles. The van der Waals surface area contributed by atoms with Crippen LogP contribution in [-0.2, 0) is 0 Å². The van der Waals surface area contributed by atoms with Crippen molar-refractivity contribution in [1.82, 2.24) is 9.55 Å². The van der Waals surface area contributed by atoms with Crippen LogP contribution in [0.4, 0.5) is 10.3 Å². The van der Waals surface area contributed by atoms with Gasteiger partial charge in [0.25, 0.3) is 0 Å². The fraction of sp³-hybridized carbons (Fsp3) is 0.0455. The number of rotatable bonds is 2. The van der Waals surface area contributed by atoms with Crippen LogP contribution < -0.4 is 5.32 Å². The van der Waals surface area contributed by atoms with E-state index in [0.29, 0.717) is 16.5 Å². The maximum absolute atomic E-state index is 14.8. The minimum Gasteiger partial charge on any atom is -0.325 e. The van der Waals surface area contributed by atoms with Crippen molar-refractivity contribution < 1.29 is 4.39 Å². The summed E-state index contributed by atoms with van der Waals surface area (Å²) in [6.07, 6.45) is 1.99. The summed E-state index contributed by atoms with van der Waals surface area (Å²) < 4.78 is 17.8. The van der Waals surface area contributed by atoms with Gasteiger partial charge in [0, 0.05) is 20.8 Å². The molecule has 0 unspecified atom stereocenters. The van der Waals surface area contributed by atoms with Gasteiger partial charge in [-0.05, 0) is 48.0 Å². The first-order valence-electron chi connectivity index (χ1n) is 8.77. The van der Waals surface area contributed by atoms with Gasteiger partial charge in [0.15, 0.2) is 0 Å². The number of halogens is 3. The second-order valence-corrected chi connectivity index (χ2v) is 7.91. The third kappa shape index (κ3) is 2.82. The molecule has 1 N–H and O–H groups in total. The molecule has 0 spiro atoms. The third-order valence-electron chi connectivity index (χ3n) is 4.90. The lowest BCUT2D eigenvalue weighted by Gasteiger charge is -2.27. The average molecular weight is 455 g/mol. The van der Waals surface area contributed by atoms with E-state index in [-0.39, 0.29) is 5.82 Å². The Morgan fingerprint density at radius 1 is 1.00 bits per heavy atom. The topological polar surface area (TPSA) is 29.9 Å². The van der Waals surface area contributed by atoms with Crippen molar-refractivity contribution in [3.05, 3.63) is 99.2 Å².